The third-order valence-electron chi connectivity index (χ3n) is 3.52. The molecule has 102 valence electrons. The van der Waals surface area contributed by atoms with Crippen LogP contribution in [0.25, 0.3) is 0 Å². The second-order valence-corrected chi connectivity index (χ2v) is 5.89. The lowest BCUT2D eigenvalue weighted by Crippen LogP contribution is -2.33. The van der Waals surface area contributed by atoms with E-state index in [1.165, 1.54) is 25.9 Å². The molecule has 18 heavy (non-hydrogen) atoms. The Morgan fingerprint density at radius 1 is 1.39 bits per heavy atom. The van der Waals surface area contributed by atoms with Gasteiger partial charge in [-0.15, -0.1) is 0 Å². The van der Waals surface area contributed by atoms with Crippen molar-refractivity contribution in [3.63, 3.8) is 0 Å². The smallest absolute Gasteiger partial charge is 0.118 e. The average Bonchev–Trinajstić information content (AvgIpc) is 2.74. The summed E-state index contributed by atoms with van der Waals surface area (Å²) in [6.45, 7) is 10.9. The molecule has 1 fully saturated rings. The number of furan rings is 1. The highest BCUT2D eigenvalue weighted by Crippen LogP contribution is 2.18. The van der Waals surface area contributed by atoms with Gasteiger partial charge in [0.2, 0.25) is 0 Å². The molecule has 3 heteroatoms. The largest absolute Gasteiger partial charge is 0.463 e. The Morgan fingerprint density at radius 3 is 2.89 bits per heavy atom. The zero-order chi connectivity index (χ0) is 13.0. The van der Waals surface area contributed by atoms with Gasteiger partial charge in [0.25, 0.3) is 0 Å². The molecule has 0 aromatic carbocycles. The van der Waals surface area contributed by atoms with E-state index in [1.807, 2.05) is 0 Å². The summed E-state index contributed by atoms with van der Waals surface area (Å²) in [4.78, 5) is 2.51. The molecular weight excluding hydrogens is 224 g/mol. The standard InChI is InChI=1S/C15H26N2O/c1-12(2)16-9-14-6-7-15(18-14)11-17-8-4-5-13(3)10-17/h6-7,12-13,16H,4-5,8-11H2,1-3H3. The fourth-order valence-electron chi connectivity index (χ4n) is 2.56. The molecule has 2 heterocycles. The van der Waals surface area contributed by atoms with E-state index < -0.39 is 0 Å². The van der Waals surface area contributed by atoms with Gasteiger partial charge in [-0.1, -0.05) is 20.8 Å². The van der Waals surface area contributed by atoms with E-state index in [0.29, 0.717) is 6.04 Å². The van der Waals surface area contributed by atoms with Gasteiger partial charge in [-0.3, -0.25) is 4.90 Å². The highest BCUT2D eigenvalue weighted by Gasteiger charge is 2.17. The first kappa shape index (κ1) is 13.6. The Balaban J connectivity index is 1.82. The van der Waals surface area contributed by atoms with Crippen LogP contribution < -0.4 is 5.32 Å². The van der Waals surface area contributed by atoms with Crippen LogP contribution in [0.4, 0.5) is 0 Å². The highest BCUT2D eigenvalue weighted by molar-refractivity contribution is 5.07. The molecular formula is C15H26N2O. The molecule has 1 aromatic rings. The fourth-order valence-corrected chi connectivity index (χ4v) is 2.56. The lowest BCUT2D eigenvalue weighted by atomic mass is 10.0. The molecule has 0 aliphatic carbocycles. The fraction of sp³-hybridized carbons (Fsp3) is 0.733. The lowest BCUT2D eigenvalue weighted by Gasteiger charge is -2.29. The summed E-state index contributed by atoms with van der Waals surface area (Å²) < 4.78 is 5.87. The van der Waals surface area contributed by atoms with E-state index in [1.54, 1.807) is 0 Å². The summed E-state index contributed by atoms with van der Waals surface area (Å²) in [5.74, 6) is 2.98. The van der Waals surface area contributed by atoms with Crippen LogP contribution >= 0.6 is 0 Å². The molecule has 1 atom stereocenters. The zero-order valence-corrected chi connectivity index (χ0v) is 11.9. The van der Waals surface area contributed by atoms with Gasteiger partial charge < -0.3 is 9.73 Å². The van der Waals surface area contributed by atoms with E-state index in [-0.39, 0.29) is 0 Å². The van der Waals surface area contributed by atoms with E-state index in [4.69, 9.17) is 4.42 Å². The molecule has 3 nitrogen and oxygen atoms in total. The normalized spacial score (nSPS) is 21.7. The topological polar surface area (TPSA) is 28.4 Å². The van der Waals surface area contributed by atoms with E-state index in [0.717, 1.165) is 30.5 Å². The van der Waals surface area contributed by atoms with Gasteiger partial charge in [0.05, 0.1) is 13.1 Å². The maximum atomic E-state index is 5.87. The van der Waals surface area contributed by atoms with Crippen molar-refractivity contribution in [1.29, 1.82) is 0 Å². The SMILES string of the molecule is CC1CCCN(Cc2ccc(CNC(C)C)o2)C1. The lowest BCUT2D eigenvalue weighted by molar-refractivity contribution is 0.164. The van der Waals surface area contributed by atoms with Crippen molar-refractivity contribution in [2.24, 2.45) is 5.92 Å². The van der Waals surface area contributed by atoms with Crippen LogP contribution in [0.3, 0.4) is 0 Å². The van der Waals surface area contributed by atoms with Crippen LogP contribution in [0.15, 0.2) is 16.5 Å². The number of hydrogen-bond acceptors (Lipinski definition) is 3. The maximum Gasteiger partial charge on any atom is 0.118 e. The maximum absolute atomic E-state index is 5.87. The Morgan fingerprint density at radius 2 is 2.17 bits per heavy atom. The number of nitrogens with one attached hydrogen (secondary N) is 1. The molecule has 0 spiro atoms. The Labute approximate surface area is 111 Å². The van der Waals surface area contributed by atoms with Gasteiger partial charge >= 0.3 is 0 Å². The van der Waals surface area contributed by atoms with E-state index in [9.17, 15) is 0 Å². The van der Waals surface area contributed by atoms with Gasteiger partial charge in [-0.05, 0) is 37.4 Å². The molecule has 1 unspecified atom stereocenters. The van der Waals surface area contributed by atoms with Crippen LogP contribution in [-0.2, 0) is 13.1 Å². The molecule has 1 saturated heterocycles. The van der Waals surface area contributed by atoms with E-state index >= 15 is 0 Å². The zero-order valence-electron chi connectivity index (χ0n) is 11.9. The molecule has 0 amide bonds. The Bertz CT molecular complexity index is 359. The molecule has 0 bridgehead atoms. The van der Waals surface area contributed by atoms with Crippen molar-refractivity contribution in [1.82, 2.24) is 10.2 Å². The second kappa shape index (κ2) is 6.39. The predicted octanol–water partition coefficient (Wildman–Crippen LogP) is 3.01. The van der Waals surface area contributed by atoms with Crippen molar-refractivity contribution in [2.75, 3.05) is 13.1 Å². The first-order valence-corrected chi connectivity index (χ1v) is 7.17. The summed E-state index contributed by atoms with van der Waals surface area (Å²) >= 11 is 0. The van der Waals surface area contributed by atoms with Crippen LogP contribution in [0.1, 0.15) is 45.1 Å². The average molecular weight is 250 g/mol. The molecule has 1 aliphatic rings. The van der Waals surface area contributed by atoms with Crippen molar-refractivity contribution in [3.8, 4) is 0 Å². The molecule has 0 radical (unpaired) electrons. The van der Waals surface area contributed by atoms with Gasteiger partial charge in [-0.2, -0.15) is 0 Å². The van der Waals surface area contributed by atoms with Crippen molar-refractivity contribution < 1.29 is 4.42 Å². The summed E-state index contributed by atoms with van der Waals surface area (Å²) in [5, 5.41) is 3.38. The van der Waals surface area contributed by atoms with Crippen molar-refractivity contribution >= 4 is 0 Å². The first-order valence-electron chi connectivity index (χ1n) is 7.17. The number of hydrogen-bond donors (Lipinski definition) is 1. The second-order valence-electron chi connectivity index (χ2n) is 5.89. The monoisotopic (exact) mass is 250 g/mol. The first-order chi connectivity index (χ1) is 8.63. The third-order valence-corrected chi connectivity index (χ3v) is 3.52. The third kappa shape index (κ3) is 4.14. The summed E-state index contributed by atoms with van der Waals surface area (Å²) in [6, 6.07) is 4.72. The quantitative estimate of drug-likeness (QED) is 0.871. The van der Waals surface area contributed by atoms with Crippen molar-refractivity contribution in [3.05, 3.63) is 23.7 Å². The number of nitrogens with zero attached hydrogens (tertiary/aromatic N) is 1. The predicted molar refractivity (Wildman–Crippen MR) is 74.4 cm³/mol. The number of likely N-dealkylation sites (tertiary alicyclic amines) is 1. The molecule has 1 aliphatic heterocycles. The molecule has 0 saturated carbocycles. The van der Waals surface area contributed by atoms with Gasteiger partial charge in [-0.25, -0.2) is 0 Å². The minimum atomic E-state index is 0.501. The molecule has 1 N–H and O–H groups in total. The molecule has 1 aromatic heterocycles. The highest BCUT2D eigenvalue weighted by atomic mass is 16.3. The summed E-state index contributed by atoms with van der Waals surface area (Å²) in [7, 11) is 0. The van der Waals surface area contributed by atoms with Gasteiger partial charge in [0.15, 0.2) is 0 Å². The minimum absolute atomic E-state index is 0.501. The molecule has 2 rings (SSSR count). The Kier molecular flexibility index (Phi) is 4.84. The summed E-state index contributed by atoms with van der Waals surface area (Å²) in [5.41, 5.74) is 0. The van der Waals surface area contributed by atoms with E-state index in [2.05, 4.69) is 43.1 Å². The number of rotatable bonds is 5. The Hall–Kier alpha value is -0.800. The van der Waals surface area contributed by atoms with Crippen molar-refractivity contribution in [2.45, 2.75) is 52.7 Å². The number of piperidine rings is 1. The van der Waals surface area contributed by atoms with Crippen LogP contribution in [-0.4, -0.2) is 24.0 Å². The van der Waals surface area contributed by atoms with Gasteiger partial charge in [0.1, 0.15) is 11.5 Å². The van der Waals surface area contributed by atoms with Crippen LogP contribution in [0, 0.1) is 5.92 Å². The van der Waals surface area contributed by atoms with Crippen LogP contribution in [0.5, 0.6) is 0 Å². The van der Waals surface area contributed by atoms with Crippen LogP contribution in [0.2, 0.25) is 0 Å². The minimum Gasteiger partial charge on any atom is -0.463 e. The summed E-state index contributed by atoms with van der Waals surface area (Å²) in [6.07, 6.45) is 2.70. The van der Waals surface area contributed by atoms with Gasteiger partial charge in [0, 0.05) is 12.6 Å².